The van der Waals surface area contributed by atoms with Gasteiger partial charge in [-0.05, 0) is 38.8 Å². The Hall–Kier alpha value is -1.64. The minimum absolute atomic E-state index is 0.00167. The van der Waals surface area contributed by atoms with Crippen LogP contribution in [0.25, 0.3) is 0 Å². The fourth-order valence-corrected chi connectivity index (χ4v) is 3.71. The van der Waals surface area contributed by atoms with Crippen molar-refractivity contribution in [1.82, 2.24) is 14.9 Å². The number of benzene rings is 1. The number of hydrogen-bond acceptors (Lipinski definition) is 4. The molecule has 1 aliphatic heterocycles. The average molecular weight is 397 g/mol. The van der Waals surface area contributed by atoms with E-state index in [1.807, 2.05) is 6.92 Å². The molecule has 7 nitrogen and oxygen atoms in total. The van der Waals surface area contributed by atoms with Gasteiger partial charge in [0.25, 0.3) is 0 Å². The van der Waals surface area contributed by atoms with E-state index in [1.165, 1.54) is 16.7 Å². The summed E-state index contributed by atoms with van der Waals surface area (Å²) >= 11 is 0. The van der Waals surface area contributed by atoms with E-state index in [9.17, 15) is 8.42 Å². The number of nitrogens with zero attached hydrogens (tertiary/aromatic N) is 2. The van der Waals surface area contributed by atoms with Crippen LogP contribution in [0.2, 0.25) is 0 Å². The summed E-state index contributed by atoms with van der Waals surface area (Å²) in [7, 11) is -3.18. The number of guanidine groups is 1. The minimum Gasteiger partial charge on any atom is -0.370 e. The summed E-state index contributed by atoms with van der Waals surface area (Å²) in [5, 5.41) is 3.30. The molecule has 27 heavy (non-hydrogen) atoms. The molecule has 0 aromatic heterocycles. The van der Waals surface area contributed by atoms with E-state index < -0.39 is 10.0 Å². The number of morpholine rings is 1. The van der Waals surface area contributed by atoms with E-state index >= 15 is 0 Å². The smallest absolute Gasteiger partial charge is 0.211 e. The second kappa shape index (κ2) is 10.1. The molecule has 0 aliphatic carbocycles. The lowest BCUT2D eigenvalue weighted by Gasteiger charge is -2.36. The van der Waals surface area contributed by atoms with Crippen molar-refractivity contribution in [3.8, 4) is 0 Å². The van der Waals surface area contributed by atoms with Gasteiger partial charge in [0.2, 0.25) is 10.0 Å². The van der Waals surface area contributed by atoms with Crippen LogP contribution in [0.5, 0.6) is 0 Å². The van der Waals surface area contributed by atoms with Crippen LogP contribution in [0.3, 0.4) is 0 Å². The first-order valence-corrected chi connectivity index (χ1v) is 11.2. The molecule has 1 aromatic carbocycles. The average Bonchev–Trinajstić information content (AvgIpc) is 2.64. The molecule has 2 N–H and O–H groups in total. The van der Waals surface area contributed by atoms with Gasteiger partial charge in [0.15, 0.2) is 5.96 Å². The fourth-order valence-electron chi connectivity index (χ4n) is 3.11. The number of aliphatic imine (C=N–C) groups is 1. The zero-order valence-corrected chi connectivity index (χ0v) is 17.6. The molecular weight excluding hydrogens is 364 g/mol. The Labute approximate surface area is 163 Å². The molecule has 0 amide bonds. The van der Waals surface area contributed by atoms with Gasteiger partial charge in [-0.15, -0.1) is 0 Å². The van der Waals surface area contributed by atoms with Crippen LogP contribution in [0.4, 0.5) is 0 Å². The molecule has 2 rings (SSSR count). The summed E-state index contributed by atoms with van der Waals surface area (Å²) < 4.78 is 31.6. The number of ether oxygens (including phenoxy) is 1. The maximum absolute atomic E-state index is 11.5. The number of rotatable bonds is 7. The maximum Gasteiger partial charge on any atom is 0.211 e. The third-order valence-corrected chi connectivity index (χ3v) is 5.95. The third kappa shape index (κ3) is 6.48. The molecule has 152 valence electrons. The predicted molar refractivity (Wildman–Crippen MR) is 110 cm³/mol. The molecule has 1 aliphatic rings. The molecule has 0 bridgehead atoms. The zero-order valence-electron chi connectivity index (χ0n) is 16.8. The van der Waals surface area contributed by atoms with E-state index in [4.69, 9.17) is 4.74 Å². The van der Waals surface area contributed by atoms with Crippen LogP contribution in [0.15, 0.2) is 23.2 Å². The number of hydrogen-bond donors (Lipinski definition) is 2. The summed E-state index contributed by atoms with van der Waals surface area (Å²) in [5.74, 6) is 0.879. The lowest BCUT2D eigenvalue weighted by Crippen LogP contribution is -2.48. The molecule has 1 atom stereocenters. The Morgan fingerprint density at radius 1 is 1.33 bits per heavy atom. The highest BCUT2D eigenvalue weighted by Gasteiger charge is 2.25. The van der Waals surface area contributed by atoms with Crippen LogP contribution in [0, 0.1) is 13.8 Å². The molecule has 1 unspecified atom stereocenters. The lowest BCUT2D eigenvalue weighted by molar-refractivity contribution is -0.00832. The van der Waals surface area contributed by atoms with Crippen molar-refractivity contribution >= 4 is 16.0 Å². The van der Waals surface area contributed by atoms with Gasteiger partial charge in [0.1, 0.15) is 6.10 Å². The Morgan fingerprint density at radius 3 is 2.78 bits per heavy atom. The van der Waals surface area contributed by atoms with Crippen molar-refractivity contribution in [2.75, 3.05) is 45.1 Å². The first-order valence-electron chi connectivity index (χ1n) is 9.55. The van der Waals surface area contributed by atoms with Crippen LogP contribution < -0.4 is 10.0 Å². The highest BCUT2D eigenvalue weighted by Crippen LogP contribution is 2.25. The standard InChI is InChI=1S/C19H32N4O3S/c1-5-20-19(21-9-10-22-27(24,25)6-2)23-11-12-26-18(14-23)17-8-7-15(3)13-16(17)4/h7-8,13,18,22H,5-6,9-12,14H2,1-4H3,(H,20,21). The molecular formula is C19H32N4O3S. The van der Waals surface area contributed by atoms with E-state index in [1.54, 1.807) is 6.92 Å². The molecule has 1 aromatic rings. The van der Waals surface area contributed by atoms with E-state index in [2.05, 4.69) is 52.0 Å². The van der Waals surface area contributed by atoms with Crippen molar-refractivity contribution in [2.24, 2.45) is 4.99 Å². The van der Waals surface area contributed by atoms with E-state index in [0.717, 1.165) is 25.6 Å². The van der Waals surface area contributed by atoms with E-state index in [0.29, 0.717) is 19.7 Å². The van der Waals surface area contributed by atoms with Crippen LogP contribution >= 0.6 is 0 Å². The number of sulfonamides is 1. The first kappa shape index (κ1) is 21.7. The maximum atomic E-state index is 11.5. The number of aryl methyl sites for hydroxylation is 2. The lowest BCUT2D eigenvalue weighted by atomic mass is 10.00. The monoisotopic (exact) mass is 396 g/mol. The highest BCUT2D eigenvalue weighted by atomic mass is 32.2. The minimum atomic E-state index is -3.18. The van der Waals surface area contributed by atoms with Crippen molar-refractivity contribution in [1.29, 1.82) is 0 Å². The Balaban J connectivity index is 2.04. The van der Waals surface area contributed by atoms with Crippen molar-refractivity contribution in [3.63, 3.8) is 0 Å². The molecule has 1 saturated heterocycles. The first-order chi connectivity index (χ1) is 12.9. The zero-order chi connectivity index (χ0) is 19.9. The predicted octanol–water partition coefficient (Wildman–Crippen LogP) is 1.58. The second-order valence-electron chi connectivity index (χ2n) is 6.70. The highest BCUT2D eigenvalue weighted by molar-refractivity contribution is 7.89. The van der Waals surface area contributed by atoms with Crippen LogP contribution in [-0.2, 0) is 14.8 Å². The van der Waals surface area contributed by atoms with Gasteiger partial charge < -0.3 is 15.0 Å². The van der Waals surface area contributed by atoms with Gasteiger partial charge in [-0.25, -0.2) is 13.1 Å². The topological polar surface area (TPSA) is 83.0 Å². The normalized spacial score (nSPS) is 18.6. The van der Waals surface area contributed by atoms with Crippen molar-refractivity contribution < 1.29 is 13.2 Å². The molecule has 0 saturated carbocycles. The number of nitrogens with one attached hydrogen (secondary N) is 2. The summed E-state index contributed by atoms with van der Waals surface area (Å²) in [6, 6.07) is 6.43. The van der Waals surface area contributed by atoms with Gasteiger partial charge >= 0.3 is 0 Å². The molecule has 0 radical (unpaired) electrons. The Bertz CT molecular complexity index is 749. The summed E-state index contributed by atoms with van der Waals surface area (Å²) in [4.78, 5) is 6.77. The van der Waals surface area contributed by atoms with Gasteiger partial charge in [-0.2, -0.15) is 0 Å². The summed E-state index contributed by atoms with van der Waals surface area (Å²) in [5.41, 5.74) is 3.68. The van der Waals surface area contributed by atoms with Gasteiger partial charge in [-0.1, -0.05) is 23.8 Å². The molecule has 1 heterocycles. The van der Waals surface area contributed by atoms with Crippen molar-refractivity contribution in [2.45, 2.75) is 33.8 Å². The SMILES string of the molecule is CCNC(=NCCNS(=O)(=O)CC)N1CCOC(c2ccc(C)cc2C)C1. The third-order valence-electron chi connectivity index (χ3n) is 4.55. The van der Waals surface area contributed by atoms with Gasteiger partial charge in [-0.3, -0.25) is 4.99 Å². The van der Waals surface area contributed by atoms with Crippen LogP contribution in [0.1, 0.15) is 36.6 Å². The van der Waals surface area contributed by atoms with Gasteiger partial charge in [0.05, 0.1) is 25.4 Å². The Morgan fingerprint density at radius 2 is 2.11 bits per heavy atom. The molecule has 1 fully saturated rings. The second-order valence-corrected chi connectivity index (χ2v) is 8.79. The summed E-state index contributed by atoms with van der Waals surface area (Å²) in [6.07, 6.45) is 0.00167. The Kier molecular flexibility index (Phi) is 8.07. The largest absolute Gasteiger partial charge is 0.370 e. The fraction of sp³-hybridized carbons (Fsp3) is 0.632. The van der Waals surface area contributed by atoms with Crippen molar-refractivity contribution in [3.05, 3.63) is 34.9 Å². The quantitative estimate of drug-likeness (QED) is 0.415. The van der Waals surface area contributed by atoms with E-state index in [-0.39, 0.29) is 11.9 Å². The molecule has 8 heteroatoms. The summed E-state index contributed by atoms with van der Waals surface area (Å²) in [6.45, 7) is 11.4. The van der Waals surface area contributed by atoms with Crippen LogP contribution in [-0.4, -0.2) is 64.4 Å². The molecule has 0 spiro atoms. The van der Waals surface area contributed by atoms with Gasteiger partial charge in [0, 0.05) is 19.6 Å².